The Balaban J connectivity index is 1.46. The number of nitrogens with zero attached hydrogens (tertiary/aromatic N) is 1. The van der Waals surface area contributed by atoms with Gasteiger partial charge < -0.3 is 14.5 Å². The topological polar surface area (TPSA) is 111 Å². The summed E-state index contributed by atoms with van der Waals surface area (Å²) < 4.78 is 37.5. The number of nitrogens with one attached hydrogen (secondary N) is 2. The second kappa shape index (κ2) is 11.9. The number of amides is 1. The normalized spacial score (nSPS) is 11.6. The molecule has 9 heteroatoms. The number of hydrogen-bond acceptors (Lipinski definition) is 6. The fraction of sp³-hybridized carbons (Fsp3) is 0.360. The van der Waals surface area contributed by atoms with Crippen molar-refractivity contribution in [1.82, 2.24) is 15.0 Å². The molecule has 3 aromatic rings. The van der Waals surface area contributed by atoms with Crippen molar-refractivity contribution in [3.05, 3.63) is 71.7 Å². The molecule has 2 aromatic carbocycles. The standard InChI is InChI=1S/C25H31N3O5S/c1-18(2)20-6-8-21(9-7-20)23-17-27-25(33-23)13-12-24(29)26-16-19-4-10-22(11-5-19)34(30,31)28-14-15-32-3/h4-11,17-18,28H,12-16H2,1-3H3,(H,26,29). The number of sulfonamides is 1. The number of aromatic nitrogens is 1. The number of aryl methyl sites for hydroxylation is 1. The minimum atomic E-state index is -3.58. The molecule has 1 amide bonds. The molecule has 1 heterocycles. The fourth-order valence-corrected chi connectivity index (χ4v) is 4.26. The highest BCUT2D eigenvalue weighted by atomic mass is 32.2. The molecule has 2 N–H and O–H groups in total. The molecule has 3 rings (SSSR count). The Kier molecular flexibility index (Phi) is 8.98. The lowest BCUT2D eigenvalue weighted by molar-refractivity contribution is -0.121. The number of hydrogen-bond donors (Lipinski definition) is 2. The summed E-state index contributed by atoms with van der Waals surface area (Å²) in [7, 11) is -2.07. The van der Waals surface area contributed by atoms with Crippen LogP contribution in [0.3, 0.4) is 0 Å². The van der Waals surface area contributed by atoms with E-state index in [9.17, 15) is 13.2 Å². The zero-order valence-corrected chi connectivity index (χ0v) is 20.5. The third-order valence-corrected chi connectivity index (χ3v) is 6.78. The van der Waals surface area contributed by atoms with Gasteiger partial charge in [-0.05, 0) is 29.2 Å². The van der Waals surface area contributed by atoms with Crippen LogP contribution in [-0.2, 0) is 32.5 Å². The first kappa shape index (κ1) is 25.6. The third-order valence-electron chi connectivity index (χ3n) is 5.30. The minimum Gasteiger partial charge on any atom is -0.441 e. The van der Waals surface area contributed by atoms with Gasteiger partial charge in [0, 0.05) is 38.6 Å². The van der Waals surface area contributed by atoms with Crippen molar-refractivity contribution in [3.63, 3.8) is 0 Å². The maximum absolute atomic E-state index is 12.2. The van der Waals surface area contributed by atoms with Crippen LogP contribution in [0.1, 0.15) is 43.2 Å². The summed E-state index contributed by atoms with van der Waals surface area (Å²) in [4.78, 5) is 16.7. The summed E-state index contributed by atoms with van der Waals surface area (Å²) in [6, 6.07) is 14.6. The van der Waals surface area contributed by atoms with Crippen LogP contribution < -0.4 is 10.0 Å². The van der Waals surface area contributed by atoms with Crippen molar-refractivity contribution < 1.29 is 22.4 Å². The van der Waals surface area contributed by atoms with E-state index in [2.05, 4.69) is 41.0 Å². The van der Waals surface area contributed by atoms with E-state index >= 15 is 0 Å². The summed E-state index contributed by atoms with van der Waals surface area (Å²) in [5.74, 6) is 1.51. The van der Waals surface area contributed by atoms with Crippen LogP contribution in [0.2, 0.25) is 0 Å². The van der Waals surface area contributed by atoms with Gasteiger partial charge in [-0.3, -0.25) is 4.79 Å². The van der Waals surface area contributed by atoms with E-state index in [1.807, 2.05) is 12.1 Å². The summed E-state index contributed by atoms with van der Waals surface area (Å²) >= 11 is 0. The van der Waals surface area contributed by atoms with Crippen LogP contribution in [0.4, 0.5) is 0 Å². The number of carbonyl (C=O) groups is 1. The van der Waals surface area contributed by atoms with Crippen molar-refractivity contribution in [2.45, 2.75) is 44.0 Å². The first-order chi connectivity index (χ1) is 16.3. The summed E-state index contributed by atoms with van der Waals surface area (Å²) in [6.45, 7) is 5.09. The van der Waals surface area contributed by atoms with Gasteiger partial charge in [0.25, 0.3) is 0 Å². The van der Waals surface area contributed by atoms with Gasteiger partial charge in [0.1, 0.15) is 0 Å². The fourth-order valence-electron chi connectivity index (χ4n) is 3.25. The predicted molar refractivity (Wildman–Crippen MR) is 130 cm³/mol. The first-order valence-corrected chi connectivity index (χ1v) is 12.7. The lowest BCUT2D eigenvalue weighted by Crippen LogP contribution is -2.27. The van der Waals surface area contributed by atoms with Crippen molar-refractivity contribution in [2.24, 2.45) is 0 Å². The molecule has 1 aromatic heterocycles. The second-order valence-electron chi connectivity index (χ2n) is 8.21. The van der Waals surface area contributed by atoms with E-state index in [1.165, 1.54) is 24.8 Å². The molecule has 0 unspecified atom stereocenters. The van der Waals surface area contributed by atoms with Crippen LogP contribution in [0.25, 0.3) is 11.3 Å². The van der Waals surface area contributed by atoms with E-state index in [0.717, 1.165) is 11.1 Å². The Morgan fingerprint density at radius 2 is 1.79 bits per heavy atom. The lowest BCUT2D eigenvalue weighted by Gasteiger charge is -2.08. The molecular formula is C25H31N3O5S. The number of methoxy groups -OCH3 is 1. The van der Waals surface area contributed by atoms with E-state index in [-0.39, 0.29) is 23.8 Å². The Morgan fingerprint density at radius 1 is 1.09 bits per heavy atom. The van der Waals surface area contributed by atoms with E-state index < -0.39 is 10.0 Å². The maximum atomic E-state index is 12.2. The average molecular weight is 486 g/mol. The molecule has 0 radical (unpaired) electrons. The Bertz CT molecular complexity index is 1170. The van der Waals surface area contributed by atoms with Crippen molar-refractivity contribution in [2.75, 3.05) is 20.3 Å². The van der Waals surface area contributed by atoms with Gasteiger partial charge in [-0.1, -0.05) is 50.2 Å². The van der Waals surface area contributed by atoms with E-state index in [0.29, 0.717) is 37.1 Å². The van der Waals surface area contributed by atoms with Crippen LogP contribution >= 0.6 is 0 Å². The highest BCUT2D eigenvalue weighted by Gasteiger charge is 2.13. The number of rotatable bonds is 12. The second-order valence-corrected chi connectivity index (χ2v) is 9.97. The van der Waals surface area contributed by atoms with Gasteiger partial charge in [0.2, 0.25) is 15.9 Å². The molecule has 182 valence electrons. The van der Waals surface area contributed by atoms with Crippen LogP contribution in [0, 0.1) is 0 Å². The Morgan fingerprint density at radius 3 is 2.44 bits per heavy atom. The summed E-state index contributed by atoms with van der Waals surface area (Å²) in [5, 5.41) is 2.83. The van der Waals surface area contributed by atoms with Crippen LogP contribution in [0.5, 0.6) is 0 Å². The summed E-state index contributed by atoms with van der Waals surface area (Å²) in [5.41, 5.74) is 3.01. The molecule has 0 aliphatic rings. The molecule has 8 nitrogen and oxygen atoms in total. The van der Waals surface area contributed by atoms with Gasteiger partial charge in [-0.15, -0.1) is 0 Å². The van der Waals surface area contributed by atoms with Crippen molar-refractivity contribution in [3.8, 4) is 11.3 Å². The average Bonchev–Trinajstić information content (AvgIpc) is 3.31. The monoisotopic (exact) mass is 485 g/mol. The Hall–Kier alpha value is -3.01. The van der Waals surface area contributed by atoms with Gasteiger partial charge in [-0.25, -0.2) is 18.1 Å². The molecular weight excluding hydrogens is 454 g/mol. The Labute approximate surface area is 200 Å². The largest absolute Gasteiger partial charge is 0.441 e. The van der Waals surface area contributed by atoms with Gasteiger partial charge in [-0.2, -0.15) is 0 Å². The molecule has 0 aliphatic heterocycles. The number of ether oxygens (including phenoxy) is 1. The molecule has 0 spiro atoms. The zero-order chi connectivity index (χ0) is 24.6. The van der Waals surface area contributed by atoms with Crippen molar-refractivity contribution in [1.29, 1.82) is 0 Å². The molecule has 0 fully saturated rings. The molecule has 0 bridgehead atoms. The molecule has 0 saturated carbocycles. The van der Waals surface area contributed by atoms with Gasteiger partial charge in [0.15, 0.2) is 11.7 Å². The smallest absolute Gasteiger partial charge is 0.240 e. The highest BCUT2D eigenvalue weighted by molar-refractivity contribution is 7.89. The van der Waals surface area contributed by atoms with Gasteiger partial charge in [0.05, 0.1) is 17.7 Å². The van der Waals surface area contributed by atoms with Crippen LogP contribution in [0.15, 0.2) is 64.0 Å². The number of carbonyl (C=O) groups excluding carboxylic acids is 1. The lowest BCUT2D eigenvalue weighted by atomic mass is 10.0. The molecule has 0 aliphatic carbocycles. The highest BCUT2D eigenvalue weighted by Crippen LogP contribution is 2.23. The zero-order valence-electron chi connectivity index (χ0n) is 19.7. The van der Waals surface area contributed by atoms with Crippen LogP contribution in [-0.4, -0.2) is 39.6 Å². The quantitative estimate of drug-likeness (QED) is 0.379. The number of oxazole rings is 1. The first-order valence-electron chi connectivity index (χ1n) is 11.2. The number of benzene rings is 2. The predicted octanol–water partition coefficient (Wildman–Crippen LogP) is 3.64. The van der Waals surface area contributed by atoms with E-state index in [4.69, 9.17) is 9.15 Å². The minimum absolute atomic E-state index is 0.140. The summed E-state index contributed by atoms with van der Waals surface area (Å²) in [6.07, 6.45) is 2.31. The molecule has 0 atom stereocenters. The van der Waals surface area contributed by atoms with Gasteiger partial charge >= 0.3 is 0 Å². The SMILES string of the molecule is COCCNS(=O)(=O)c1ccc(CNC(=O)CCc2ncc(-c3ccc(C(C)C)cc3)o2)cc1. The molecule has 34 heavy (non-hydrogen) atoms. The van der Waals surface area contributed by atoms with Crippen molar-refractivity contribution >= 4 is 15.9 Å². The third kappa shape index (κ3) is 7.24. The maximum Gasteiger partial charge on any atom is 0.240 e. The molecule has 0 saturated heterocycles. The van der Waals surface area contributed by atoms with E-state index in [1.54, 1.807) is 18.3 Å².